The van der Waals surface area contributed by atoms with Gasteiger partial charge in [0.05, 0.1) is 24.4 Å². The van der Waals surface area contributed by atoms with E-state index >= 15 is 0 Å². The molecule has 476 valence electrons. The lowest BCUT2D eigenvalue weighted by Crippen LogP contribution is -2.57. The van der Waals surface area contributed by atoms with Crippen LogP contribution in [0.25, 0.3) is 0 Å². The third-order valence-corrected chi connectivity index (χ3v) is 17.2. The van der Waals surface area contributed by atoms with Gasteiger partial charge >= 0.3 is 11.9 Å². The molecule has 1 heterocycles. The van der Waals surface area contributed by atoms with Gasteiger partial charge in [-0.2, -0.15) is 0 Å². The molecule has 80 heavy (non-hydrogen) atoms. The summed E-state index contributed by atoms with van der Waals surface area (Å²) in [5, 5.41) is 44.1. The summed E-state index contributed by atoms with van der Waals surface area (Å²) in [6.07, 6.45) is 45.4. The molecule has 1 fully saturated rings. The number of unbranched alkanes of at least 4 members (excludes halogenated alkanes) is 30. The van der Waals surface area contributed by atoms with Crippen molar-refractivity contribution in [3.8, 4) is 0 Å². The second-order valence-corrected chi connectivity index (χ2v) is 25.2. The molecule has 0 aromatic carbocycles. The van der Waals surface area contributed by atoms with Crippen molar-refractivity contribution in [1.29, 1.82) is 0 Å². The Kier molecular flexibility index (Phi) is 53.2. The number of ether oxygens (including phenoxy) is 2. The van der Waals surface area contributed by atoms with Crippen LogP contribution in [-0.2, 0) is 19.1 Å². The van der Waals surface area contributed by atoms with Gasteiger partial charge in [0.25, 0.3) is 0 Å². The van der Waals surface area contributed by atoms with Crippen LogP contribution < -0.4 is 0 Å². The van der Waals surface area contributed by atoms with Crippen LogP contribution in [0.2, 0.25) is 0 Å². The summed E-state index contributed by atoms with van der Waals surface area (Å²) < 4.78 is 11.5. The zero-order valence-corrected chi connectivity index (χ0v) is 53.9. The molecule has 0 amide bonds. The highest BCUT2D eigenvalue weighted by Gasteiger charge is 2.29. The lowest BCUT2D eigenvalue weighted by Gasteiger charge is -2.44. The van der Waals surface area contributed by atoms with Crippen molar-refractivity contribution in [1.82, 2.24) is 19.6 Å². The van der Waals surface area contributed by atoms with E-state index in [-0.39, 0.29) is 24.0 Å². The Morgan fingerprint density at radius 3 is 0.863 bits per heavy atom. The van der Waals surface area contributed by atoms with Crippen molar-refractivity contribution in [3.63, 3.8) is 0 Å². The first-order valence-electron chi connectivity index (χ1n) is 34.9. The second-order valence-electron chi connectivity index (χ2n) is 25.2. The number of piperazine rings is 1. The molecule has 0 bridgehead atoms. The van der Waals surface area contributed by atoms with E-state index in [0.29, 0.717) is 65.3 Å². The van der Waals surface area contributed by atoms with E-state index in [4.69, 9.17) is 9.47 Å². The first-order valence-corrected chi connectivity index (χ1v) is 34.9. The standard InChI is InChI=1S/C68H136N4O8/c1-7-11-15-19-23-27-31-35-43-63(73)57-69(58-64(74)44-36-32-28-24-20-16-12-8-2)49-41-39-47-67(77)79-53-51-71-55-62(6)72(56-61(71)5)52-54-80-68(78)48-40-42-50-70(59-65(75)45-37-33-29-25-21-17-13-9-3)60-66(76)46-38-34-30-26-22-18-14-10-4/h61-66,73-76H,7-60H2,1-6H3. The average Bonchev–Trinajstić information content (AvgIpc) is 3.42. The lowest BCUT2D eigenvalue weighted by molar-refractivity contribution is -0.146. The molecule has 0 aromatic heterocycles. The Morgan fingerprint density at radius 2 is 0.613 bits per heavy atom. The predicted octanol–water partition coefficient (Wildman–Crippen LogP) is 15.0. The maximum Gasteiger partial charge on any atom is 0.305 e. The van der Waals surface area contributed by atoms with Gasteiger partial charge < -0.3 is 29.9 Å². The van der Waals surface area contributed by atoms with Gasteiger partial charge in [0.15, 0.2) is 0 Å². The normalized spacial score (nSPS) is 16.9. The Labute approximate surface area is 495 Å². The third-order valence-electron chi connectivity index (χ3n) is 17.2. The highest BCUT2D eigenvalue weighted by atomic mass is 16.5. The molecular formula is C68H136N4O8. The number of carbonyl (C=O) groups excluding carboxylic acids is 2. The minimum Gasteiger partial charge on any atom is -0.464 e. The Balaban J connectivity index is 2.45. The van der Waals surface area contributed by atoms with E-state index < -0.39 is 24.4 Å². The van der Waals surface area contributed by atoms with Crippen LogP contribution in [0.5, 0.6) is 0 Å². The molecular weight excluding hydrogens is 1000 g/mol. The van der Waals surface area contributed by atoms with Gasteiger partial charge in [-0.25, -0.2) is 0 Å². The average molecular weight is 1140 g/mol. The molecule has 4 N–H and O–H groups in total. The second kappa shape index (κ2) is 55.5. The summed E-state index contributed by atoms with van der Waals surface area (Å²) in [5.41, 5.74) is 0. The number of nitrogens with zero attached hydrogens (tertiary/aromatic N) is 4. The molecule has 1 aliphatic heterocycles. The lowest BCUT2D eigenvalue weighted by atomic mass is 10.0. The van der Waals surface area contributed by atoms with Crippen LogP contribution >= 0.6 is 0 Å². The number of carbonyl (C=O) groups is 2. The number of hydrogen-bond donors (Lipinski definition) is 4. The fourth-order valence-corrected chi connectivity index (χ4v) is 11.9. The van der Waals surface area contributed by atoms with Crippen molar-refractivity contribution in [2.24, 2.45) is 0 Å². The maximum absolute atomic E-state index is 12.9. The quantitative estimate of drug-likeness (QED) is 0.0340. The molecule has 1 rings (SSSR count). The van der Waals surface area contributed by atoms with Gasteiger partial charge in [-0.05, 0) is 78.3 Å². The molecule has 0 aromatic rings. The first kappa shape index (κ1) is 76.6. The van der Waals surface area contributed by atoms with E-state index in [0.717, 1.165) is 103 Å². The van der Waals surface area contributed by atoms with Gasteiger partial charge in [-0.15, -0.1) is 0 Å². The summed E-state index contributed by atoms with van der Waals surface area (Å²) >= 11 is 0. The van der Waals surface area contributed by atoms with Crippen LogP contribution in [0.1, 0.15) is 311 Å². The summed E-state index contributed by atoms with van der Waals surface area (Å²) in [6.45, 7) is 21.1. The number of aliphatic hydroxyl groups is 4. The van der Waals surface area contributed by atoms with Crippen molar-refractivity contribution >= 4 is 11.9 Å². The van der Waals surface area contributed by atoms with Crippen molar-refractivity contribution in [2.75, 3.05) is 78.7 Å². The highest BCUT2D eigenvalue weighted by Crippen LogP contribution is 2.19. The molecule has 0 spiro atoms. The highest BCUT2D eigenvalue weighted by molar-refractivity contribution is 5.69. The largest absolute Gasteiger partial charge is 0.464 e. The van der Waals surface area contributed by atoms with Crippen molar-refractivity contribution in [3.05, 3.63) is 0 Å². The van der Waals surface area contributed by atoms with Gasteiger partial charge in [0.1, 0.15) is 13.2 Å². The zero-order chi connectivity index (χ0) is 58.5. The van der Waals surface area contributed by atoms with E-state index in [2.05, 4.69) is 61.1 Å². The Morgan fingerprint density at radius 1 is 0.375 bits per heavy atom. The number of aliphatic hydroxyl groups excluding tert-OH is 4. The predicted molar refractivity (Wildman–Crippen MR) is 338 cm³/mol. The van der Waals surface area contributed by atoms with Crippen LogP contribution in [0.3, 0.4) is 0 Å². The molecule has 12 nitrogen and oxygen atoms in total. The van der Waals surface area contributed by atoms with Crippen molar-refractivity contribution in [2.45, 2.75) is 348 Å². The Bertz CT molecular complexity index is 1190. The van der Waals surface area contributed by atoms with Crippen LogP contribution in [0.15, 0.2) is 0 Å². The SMILES string of the molecule is CCCCCCCCCCC(O)CN(CCCCC(=O)OCCN1CC(C)N(CCOC(=O)CCCCN(CC(O)CCCCCCCCCC)CC(O)CCCCCCCCCC)CC1C)CC(O)CCCCCCCCCC. The fourth-order valence-electron chi connectivity index (χ4n) is 11.9. The minimum atomic E-state index is -0.397. The zero-order valence-electron chi connectivity index (χ0n) is 53.9. The topological polar surface area (TPSA) is 146 Å². The molecule has 0 saturated carbocycles. The van der Waals surface area contributed by atoms with Gasteiger partial charge in [0.2, 0.25) is 0 Å². The summed E-state index contributed by atoms with van der Waals surface area (Å²) in [4.78, 5) is 35.0. The van der Waals surface area contributed by atoms with Gasteiger partial charge in [-0.3, -0.25) is 29.2 Å². The Hall–Kier alpha value is -1.38. The fraction of sp³-hybridized carbons (Fsp3) is 0.971. The smallest absolute Gasteiger partial charge is 0.305 e. The summed E-state index contributed by atoms with van der Waals surface area (Å²) in [7, 11) is 0. The third kappa shape index (κ3) is 46.9. The minimum absolute atomic E-state index is 0.161. The molecule has 12 heteroatoms. The summed E-state index contributed by atoms with van der Waals surface area (Å²) in [6, 6.07) is 0.563. The van der Waals surface area contributed by atoms with E-state index in [1.807, 2.05) is 0 Å². The molecule has 0 aliphatic carbocycles. The van der Waals surface area contributed by atoms with Crippen molar-refractivity contribution < 1.29 is 39.5 Å². The van der Waals surface area contributed by atoms with Gasteiger partial charge in [-0.1, -0.05) is 233 Å². The van der Waals surface area contributed by atoms with E-state index in [1.54, 1.807) is 0 Å². The molecule has 1 aliphatic rings. The summed E-state index contributed by atoms with van der Waals surface area (Å²) in [5.74, 6) is -0.323. The number of esters is 2. The molecule has 0 radical (unpaired) electrons. The van der Waals surface area contributed by atoms with Gasteiger partial charge in [0, 0.05) is 77.3 Å². The first-order chi connectivity index (χ1) is 38.9. The van der Waals surface area contributed by atoms with Crippen LogP contribution in [0.4, 0.5) is 0 Å². The molecule has 6 atom stereocenters. The van der Waals surface area contributed by atoms with Crippen LogP contribution in [-0.4, -0.2) is 167 Å². The van der Waals surface area contributed by atoms with Crippen LogP contribution in [0, 0.1) is 0 Å². The monoisotopic (exact) mass is 1140 g/mol. The van der Waals surface area contributed by atoms with E-state index in [9.17, 15) is 30.0 Å². The number of hydrogen-bond acceptors (Lipinski definition) is 12. The number of rotatable bonds is 60. The molecule has 1 saturated heterocycles. The maximum atomic E-state index is 12.9. The van der Waals surface area contributed by atoms with E-state index in [1.165, 1.54) is 180 Å². The molecule has 6 unspecified atom stereocenters.